The molecule has 10 heteroatoms. The summed E-state index contributed by atoms with van der Waals surface area (Å²) in [6.07, 6.45) is -2.14. The van der Waals surface area contributed by atoms with Gasteiger partial charge in [0.2, 0.25) is 0 Å². The molecule has 1 aromatic carbocycles. The Morgan fingerprint density at radius 2 is 1.85 bits per heavy atom. The lowest BCUT2D eigenvalue weighted by Crippen LogP contribution is -2.22. The number of rotatable bonds is 4. The van der Waals surface area contributed by atoms with E-state index in [1.807, 2.05) is 0 Å². The molecule has 0 unspecified atom stereocenters. The lowest BCUT2D eigenvalue weighted by molar-refractivity contribution is -0.141. The first-order valence-corrected chi connectivity index (χ1v) is 11.3. The van der Waals surface area contributed by atoms with Crippen molar-refractivity contribution in [1.82, 2.24) is 9.97 Å². The number of nitrogens with zero attached hydrogens (tertiary/aromatic N) is 2. The summed E-state index contributed by atoms with van der Waals surface area (Å²) in [4.78, 5) is 32.4. The van der Waals surface area contributed by atoms with E-state index in [1.165, 1.54) is 17.4 Å². The molecule has 6 nitrogen and oxygen atoms in total. The predicted octanol–water partition coefficient (Wildman–Crippen LogP) is 5.42. The summed E-state index contributed by atoms with van der Waals surface area (Å²) in [5.41, 5.74) is -1.59. The molecule has 1 aliphatic carbocycles. The zero-order valence-corrected chi connectivity index (χ0v) is 18.8. The van der Waals surface area contributed by atoms with Crippen LogP contribution in [0.25, 0.3) is 10.2 Å². The van der Waals surface area contributed by atoms with Crippen LogP contribution in [0.4, 0.5) is 18.9 Å². The van der Waals surface area contributed by atoms with Crippen molar-refractivity contribution >= 4 is 38.9 Å². The van der Waals surface area contributed by atoms with E-state index in [2.05, 4.69) is 10.3 Å². The van der Waals surface area contributed by atoms with Crippen LogP contribution in [0, 0.1) is 0 Å². The van der Waals surface area contributed by atoms with Gasteiger partial charge in [-0.2, -0.15) is 13.2 Å². The Morgan fingerprint density at radius 3 is 2.48 bits per heavy atom. The Bertz CT molecular complexity index is 1220. The first-order chi connectivity index (χ1) is 15.4. The number of hydrogen-bond donors (Lipinski definition) is 2. The number of alkyl halides is 3. The van der Waals surface area contributed by atoms with E-state index in [9.17, 15) is 27.9 Å². The lowest BCUT2D eigenvalue weighted by Gasteiger charge is -2.22. The second-order valence-electron chi connectivity index (χ2n) is 8.65. The fourth-order valence-electron chi connectivity index (χ4n) is 3.87. The van der Waals surface area contributed by atoms with Crippen molar-refractivity contribution in [3.63, 3.8) is 0 Å². The number of benzene rings is 1. The molecule has 2 N–H and O–H groups in total. The molecule has 0 saturated heterocycles. The average Bonchev–Trinajstić information content (AvgIpc) is 3.15. The van der Waals surface area contributed by atoms with Crippen LogP contribution in [-0.4, -0.2) is 26.8 Å². The number of aliphatic hydroxyl groups is 1. The number of pyridine rings is 1. The Morgan fingerprint density at radius 1 is 1.15 bits per heavy atom. The Labute approximate surface area is 191 Å². The Kier molecular flexibility index (Phi) is 6.00. The van der Waals surface area contributed by atoms with Gasteiger partial charge in [0, 0.05) is 30.0 Å². The molecule has 2 heterocycles. The molecule has 1 fully saturated rings. The van der Waals surface area contributed by atoms with Crippen LogP contribution in [0.3, 0.4) is 0 Å². The number of halogens is 3. The summed E-state index contributed by atoms with van der Waals surface area (Å²) in [7, 11) is 0. The van der Waals surface area contributed by atoms with Crippen LogP contribution in [0.15, 0.2) is 30.3 Å². The topological polar surface area (TPSA) is 92.2 Å². The van der Waals surface area contributed by atoms with Crippen molar-refractivity contribution in [3.05, 3.63) is 52.3 Å². The monoisotopic (exact) mass is 477 g/mol. The van der Waals surface area contributed by atoms with Gasteiger partial charge in [-0.05, 0) is 51.0 Å². The van der Waals surface area contributed by atoms with Crippen LogP contribution in [0.1, 0.15) is 72.2 Å². The molecule has 0 aliphatic heterocycles. The Balaban J connectivity index is 1.68. The van der Waals surface area contributed by atoms with Crippen molar-refractivity contribution < 1.29 is 27.9 Å². The largest absolute Gasteiger partial charge is 0.433 e. The van der Waals surface area contributed by atoms with E-state index in [0.717, 1.165) is 34.7 Å². The van der Waals surface area contributed by atoms with Gasteiger partial charge >= 0.3 is 6.18 Å². The van der Waals surface area contributed by atoms with Crippen molar-refractivity contribution in [2.24, 2.45) is 0 Å². The molecular weight excluding hydrogens is 455 g/mol. The van der Waals surface area contributed by atoms with Crippen molar-refractivity contribution in [2.45, 2.75) is 57.2 Å². The molecule has 1 aliphatic rings. The van der Waals surface area contributed by atoms with E-state index < -0.39 is 23.4 Å². The normalized spacial score (nSPS) is 15.8. The molecule has 0 spiro atoms. The van der Waals surface area contributed by atoms with E-state index >= 15 is 0 Å². The van der Waals surface area contributed by atoms with Crippen LogP contribution in [0.5, 0.6) is 0 Å². The van der Waals surface area contributed by atoms with E-state index in [-0.39, 0.29) is 23.1 Å². The first kappa shape index (κ1) is 23.3. The number of thiazole rings is 1. The van der Waals surface area contributed by atoms with Gasteiger partial charge in [-0.15, -0.1) is 11.3 Å². The average molecular weight is 478 g/mol. The zero-order valence-electron chi connectivity index (χ0n) is 18.0. The number of Topliss-reactive ketones (excluding diaryl/α,β-unsaturated/α-hetero) is 1. The number of nitrogens with one attached hydrogen (secondary N) is 1. The molecule has 0 bridgehead atoms. The number of fused-ring (bicyclic) bond motifs is 1. The van der Waals surface area contributed by atoms with Crippen LogP contribution >= 0.6 is 11.3 Å². The van der Waals surface area contributed by atoms with Gasteiger partial charge < -0.3 is 10.4 Å². The van der Waals surface area contributed by atoms with Crippen LogP contribution < -0.4 is 5.32 Å². The predicted molar refractivity (Wildman–Crippen MR) is 118 cm³/mol. The van der Waals surface area contributed by atoms with Gasteiger partial charge in [0.25, 0.3) is 5.91 Å². The number of hydrogen-bond acceptors (Lipinski definition) is 6. The summed E-state index contributed by atoms with van der Waals surface area (Å²) < 4.78 is 39.7. The summed E-state index contributed by atoms with van der Waals surface area (Å²) in [6, 6.07) is 6.46. The number of carbonyl (C=O) groups is 2. The molecule has 2 aromatic heterocycles. The van der Waals surface area contributed by atoms with Gasteiger partial charge in [-0.1, -0.05) is 6.07 Å². The molecule has 33 heavy (non-hydrogen) atoms. The summed E-state index contributed by atoms with van der Waals surface area (Å²) in [5.74, 6) is -0.385. The molecule has 174 valence electrons. The minimum Gasteiger partial charge on any atom is -0.386 e. The van der Waals surface area contributed by atoms with Gasteiger partial charge in [0.05, 0.1) is 20.8 Å². The third-order valence-electron chi connectivity index (χ3n) is 5.62. The molecule has 0 atom stereocenters. The highest BCUT2D eigenvalue weighted by Crippen LogP contribution is 2.39. The highest BCUT2D eigenvalue weighted by Gasteiger charge is 2.33. The first-order valence-electron chi connectivity index (χ1n) is 10.5. The zero-order chi connectivity index (χ0) is 24.0. The molecule has 4 rings (SSSR count). The van der Waals surface area contributed by atoms with E-state index in [1.54, 1.807) is 26.0 Å². The minimum absolute atomic E-state index is 0.179. The third-order valence-corrected chi connectivity index (χ3v) is 6.80. The number of carbonyl (C=O) groups excluding carboxylic acids is 2. The summed E-state index contributed by atoms with van der Waals surface area (Å²) >= 11 is 1.45. The van der Waals surface area contributed by atoms with E-state index in [0.29, 0.717) is 23.9 Å². The Hall–Kier alpha value is -2.85. The maximum atomic E-state index is 13.0. The maximum Gasteiger partial charge on any atom is 0.433 e. The smallest absolute Gasteiger partial charge is 0.386 e. The van der Waals surface area contributed by atoms with Gasteiger partial charge in [-0.3, -0.25) is 9.59 Å². The van der Waals surface area contributed by atoms with Crippen molar-refractivity contribution in [2.75, 3.05) is 5.32 Å². The number of amides is 1. The van der Waals surface area contributed by atoms with Crippen molar-refractivity contribution in [3.8, 4) is 0 Å². The standard InChI is InChI=1S/C23H22F3N3O3S/c1-22(2,32)14-10-17-18(33-21(29-17)12-6-8-13(30)9-7-12)11-16(14)28-20(31)15-4-3-5-19(27-15)23(24,25)26/h3-5,10-12,32H,6-9H2,1-2H3,(H,28,31). The lowest BCUT2D eigenvalue weighted by atomic mass is 9.89. The number of anilines is 1. The second kappa shape index (κ2) is 8.49. The SMILES string of the molecule is CC(C)(O)c1cc2nc(C3CCC(=O)CC3)sc2cc1NC(=O)c1cccc(C(F)(F)F)n1. The molecule has 1 saturated carbocycles. The van der Waals surface area contributed by atoms with Gasteiger partial charge in [0.15, 0.2) is 0 Å². The maximum absolute atomic E-state index is 13.0. The second-order valence-corrected chi connectivity index (χ2v) is 9.71. The van der Waals surface area contributed by atoms with Gasteiger partial charge in [-0.25, -0.2) is 9.97 Å². The number of ketones is 1. The molecule has 0 radical (unpaired) electrons. The highest BCUT2D eigenvalue weighted by molar-refractivity contribution is 7.18. The number of aromatic nitrogens is 2. The van der Waals surface area contributed by atoms with E-state index in [4.69, 9.17) is 4.98 Å². The summed E-state index contributed by atoms with van der Waals surface area (Å²) in [5, 5.41) is 14.2. The molecular formula is C23H22F3N3O3S. The molecule has 3 aromatic rings. The van der Waals surface area contributed by atoms with Crippen molar-refractivity contribution in [1.29, 1.82) is 0 Å². The van der Waals surface area contributed by atoms with Crippen LogP contribution in [0.2, 0.25) is 0 Å². The minimum atomic E-state index is -4.67. The summed E-state index contributed by atoms with van der Waals surface area (Å²) in [6.45, 7) is 3.10. The third kappa shape index (κ3) is 5.06. The fourth-order valence-corrected chi connectivity index (χ4v) is 5.03. The van der Waals surface area contributed by atoms with Gasteiger partial charge in [0.1, 0.15) is 17.2 Å². The molecule has 1 amide bonds. The highest BCUT2D eigenvalue weighted by atomic mass is 32.1. The fraction of sp³-hybridized carbons (Fsp3) is 0.391. The quantitative estimate of drug-likeness (QED) is 0.524. The van der Waals surface area contributed by atoms with Crippen LogP contribution in [-0.2, 0) is 16.6 Å².